The molecule has 0 atom stereocenters. The molecule has 0 bridgehead atoms. The molecule has 0 heterocycles. The SMILES string of the molecule is C=CCOc1ccc(/C=C/C(=O)NCc2cccc(C#N)c2)cc1OC. The van der Waals surface area contributed by atoms with E-state index in [1.165, 1.54) is 6.08 Å². The van der Waals surface area contributed by atoms with Crippen molar-refractivity contribution >= 4 is 12.0 Å². The van der Waals surface area contributed by atoms with Gasteiger partial charge in [0.25, 0.3) is 0 Å². The first-order chi connectivity index (χ1) is 12.7. The van der Waals surface area contributed by atoms with Crippen LogP contribution >= 0.6 is 0 Å². The van der Waals surface area contributed by atoms with E-state index in [-0.39, 0.29) is 5.91 Å². The van der Waals surface area contributed by atoms with Gasteiger partial charge in [-0.3, -0.25) is 4.79 Å². The molecule has 0 aromatic heterocycles. The van der Waals surface area contributed by atoms with Crippen LogP contribution in [0.1, 0.15) is 16.7 Å². The van der Waals surface area contributed by atoms with Gasteiger partial charge in [0.2, 0.25) is 5.91 Å². The van der Waals surface area contributed by atoms with Gasteiger partial charge in [0.05, 0.1) is 18.7 Å². The summed E-state index contributed by atoms with van der Waals surface area (Å²) in [7, 11) is 1.56. The fourth-order valence-electron chi connectivity index (χ4n) is 2.23. The first-order valence-electron chi connectivity index (χ1n) is 8.03. The second-order valence-electron chi connectivity index (χ2n) is 5.37. The Balaban J connectivity index is 1.96. The number of rotatable bonds is 8. The molecule has 132 valence electrons. The highest BCUT2D eigenvalue weighted by Gasteiger charge is 2.04. The average molecular weight is 348 g/mol. The number of hydrogen-bond acceptors (Lipinski definition) is 4. The monoisotopic (exact) mass is 348 g/mol. The largest absolute Gasteiger partial charge is 0.493 e. The van der Waals surface area contributed by atoms with Gasteiger partial charge >= 0.3 is 0 Å². The van der Waals surface area contributed by atoms with E-state index in [0.717, 1.165) is 11.1 Å². The van der Waals surface area contributed by atoms with Crippen molar-refractivity contribution in [3.05, 3.63) is 77.9 Å². The Bertz CT molecular complexity index is 851. The number of hydrogen-bond donors (Lipinski definition) is 1. The summed E-state index contributed by atoms with van der Waals surface area (Å²) in [5, 5.41) is 11.7. The number of carbonyl (C=O) groups is 1. The lowest BCUT2D eigenvalue weighted by Gasteiger charge is -2.09. The minimum absolute atomic E-state index is 0.224. The van der Waals surface area contributed by atoms with Crippen LogP contribution in [-0.4, -0.2) is 19.6 Å². The average Bonchev–Trinajstić information content (AvgIpc) is 2.69. The molecule has 0 saturated heterocycles. The number of amides is 1. The summed E-state index contributed by atoms with van der Waals surface area (Å²) in [4.78, 5) is 12.0. The minimum atomic E-state index is -0.224. The van der Waals surface area contributed by atoms with Crippen molar-refractivity contribution in [2.24, 2.45) is 0 Å². The molecule has 2 aromatic carbocycles. The van der Waals surface area contributed by atoms with E-state index in [1.54, 1.807) is 49.6 Å². The van der Waals surface area contributed by atoms with Gasteiger partial charge in [-0.2, -0.15) is 5.26 Å². The molecule has 0 aliphatic heterocycles. The maximum Gasteiger partial charge on any atom is 0.244 e. The number of methoxy groups -OCH3 is 1. The zero-order valence-corrected chi connectivity index (χ0v) is 14.6. The molecule has 26 heavy (non-hydrogen) atoms. The lowest BCUT2D eigenvalue weighted by Crippen LogP contribution is -2.20. The third-order valence-electron chi connectivity index (χ3n) is 3.49. The molecule has 2 rings (SSSR count). The highest BCUT2D eigenvalue weighted by molar-refractivity contribution is 5.91. The van der Waals surface area contributed by atoms with E-state index in [2.05, 4.69) is 18.0 Å². The van der Waals surface area contributed by atoms with Gasteiger partial charge in [0.1, 0.15) is 6.61 Å². The summed E-state index contributed by atoms with van der Waals surface area (Å²) >= 11 is 0. The lowest BCUT2D eigenvalue weighted by molar-refractivity contribution is -0.116. The fourth-order valence-corrected chi connectivity index (χ4v) is 2.23. The van der Waals surface area contributed by atoms with E-state index in [9.17, 15) is 4.79 Å². The van der Waals surface area contributed by atoms with Gasteiger partial charge in [-0.05, 0) is 41.5 Å². The van der Waals surface area contributed by atoms with E-state index in [0.29, 0.717) is 30.2 Å². The molecule has 0 fully saturated rings. The van der Waals surface area contributed by atoms with Crippen molar-refractivity contribution in [3.8, 4) is 17.6 Å². The summed E-state index contributed by atoms with van der Waals surface area (Å²) in [5.74, 6) is 0.979. The predicted molar refractivity (Wildman–Crippen MR) is 101 cm³/mol. The zero-order chi connectivity index (χ0) is 18.8. The van der Waals surface area contributed by atoms with Crippen LogP contribution in [0.25, 0.3) is 6.08 Å². The number of nitriles is 1. The van der Waals surface area contributed by atoms with Crippen molar-refractivity contribution in [1.29, 1.82) is 5.26 Å². The topological polar surface area (TPSA) is 71.3 Å². The summed E-state index contributed by atoms with van der Waals surface area (Å²) in [6.45, 7) is 4.36. The van der Waals surface area contributed by atoms with Crippen molar-refractivity contribution < 1.29 is 14.3 Å². The Morgan fingerprint density at radius 1 is 1.27 bits per heavy atom. The van der Waals surface area contributed by atoms with Gasteiger partial charge in [-0.25, -0.2) is 0 Å². The molecule has 0 aliphatic rings. The van der Waals surface area contributed by atoms with Gasteiger partial charge in [0.15, 0.2) is 11.5 Å². The highest BCUT2D eigenvalue weighted by Crippen LogP contribution is 2.28. The Kier molecular flexibility index (Phi) is 7.02. The quantitative estimate of drug-likeness (QED) is 0.586. The molecular formula is C21H20N2O3. The van der Waals surface area contributed by atoms with Crippen molar-refractivity contribution in [2.45, 2.75) is 6.54 Å². The van der Waals surface area contributed by atoms with Crippen LogP contribution in [0.4, 0.5) is 0 Å². The highest BCUT2D eigenvalue weighted by atomic mass is 16.5. The van der Waals surface area contributed by atoms with Gasteiger partial charge < -0.3 is 14.8 Å². The standard InChI is InChI=1S/C21H20N2O3/c1-3-11-26-19-9-7-16(13-20(19)25-2)8-10-21(24)23-15-18-6-4-5-17(12-18)14-22/h3-10,12-13H,1,11,15H2,2H3,(H,23,24)/b10-8+. The van der Waals surface area contributed by atoms with Crippen LogP contribution in [0.3, 0.4) is 0 Å². The summed E-state index contributed by atoms with van der Waals surface area (Å²) in [5.41, 5.74) is 2.25. The van der Waals surface area contributed by atoms with Gasteiger partial charge in [-0.1, -0.05) is 30.9 Å². The molecule has 1 amide bonds. The zero-order valence-electron chi connectivity index (χ0n) is 14.6. The molecule has 5 nitrogen and oxygen atoms in total. The molecule has 5 heteroatoms. The molecule has 0 radical (unpaired) electrons. The second kappa shape index (κ2) is 9.70. The van der Waals surface area contributed by atoms with Crippen LogP contribution in [0.2, 0.25) is 0 Å². The molecule has 2 aromatic rings. The maximum atomic E-state index is 12.0. The molecule has 1 N–H and O–H groups in total. The van der Waals surface area contributed by atoms with Crippen molar-refractivity contribution in [2.75, 3.05) is 13.7 Å². The van der Waals surface area contributed by atoms with E-state index < -0.39 is 0 Å². The Morgan fingerprint density at radius 2 is 2.12 bits per heavy atom. The van der Waals surface area contributed by atoms with Crippen LogP contribution in [0, 0.1) is 11.3 Å². The van der Waals surface area contributed by atoms with Crippen LogP contribution in [-0.2, 0) is 11.3 Å². The Morgan fingerprint density at radius 3 is 2.85 bits per heavy atom. The Labute approximate surface area is 153 Å². The molecule has 0 unspecified atom stereocenters. The maximum absolute atomic E-state index is 12.0. The van der Waals surface area contributed by atoms with E-state index in [4.69, 9.17) is 14.7 Å². The summed E-state index contributed by atoms with van der Waals surface area (Å²) < 4.78 is 10.8. The second-order valence-corrected chi connectivity index (χ2v) is 5.37. The lowest BCUT2D eigenvalue weighted by atomic mass is 10.1. The summed E-state index contributed by atoms with van der Waals surface area (Å²) in [6, 6.07) is 14.6. The van der Waals surface area contributed by atoms with Crippen LogP contribution < -0.4 is 14.8 Å². The molecular weight excluding hydrogens is 328 g/mol. The number of ether oxygens (including phenoxy) is 2. The van der Waals surface area contributed by atoms with Crippen molar-refractivity contribution in [1.82, 2.24) is 5.32 Å². The molecule has 0 spiro atoms. The van der Waals surface area contributed by atoms with Gasteiger partial charge in [-0.15, -0.1) is 0 Å². The van der Waals surface area contributed by atoms with Gasteiger partial charge in [0, 0.05) is 12.6 Å². The minimum Gasteiger partial charge on any atom is -0.493 e. The Hall–Kier alpha value is -3.52. The number of carbonyl (C=O) groups excluding carboxylic acids is 1. The van der Waals surface area contributed by atoms with Crippen LogP contribution in [0.5, 0.6) is 11.5 Å². The number of nitrogens with zero attached hydrogens (tertiary/aromatic N) is 1. The number of benzene rings is 2. The van der Waals surface area contributed by atoms with Crippen molar-refractivity contribution in [3.63, 3.8) is 0 Å². The van der Waals surface area contributed by atoms with E-state index >= 15 is 0 Å². The van der Waals surface area contributed by atoms with E-state index in [1.807, 2.05) is 12.1 Å². The van der Waals surface area contributed by atoms with Crippen LogP contribution in [0.15, 0.2) is 61.2 Å². The number of nitrogens with one attached hydrogen (secondary N) is 1. The summed E-state index contributed by atoms with van der Waals surface area (Å²) in [6.07, 6.45) is 4.80. The normalized spacial score (nSPS) is 10.2. The predicted octanol–water partition coefficient (Wildman–Crippen LogP) is 3.46. The third kappa shape index (κ3) is 5.53. The third-order valence-corrected chi connectivity index (χ3v) is 3.49. The fraction of sp³-hybridized carbons (Fsp3) is 0.143. The smallest absolute Gasteiger partial charge is 0.244 e. The first-order valence-corrected chi connectivity index (χ1v) is 8.03. The molecule has 0 saturated carbocycles. The first kappa shape index (κ1) is 18.8. The molecule has 0 aliphatic carbocycles.